The molecule has 0 saturated heterocycles. The molecule has 84 valence electrons. The lowest BCUT2D eigenvalue weighted by Crippen LogP contribution is -2.34. The van der Waals surface area contributed by atoms with Crippen molar-refractivity contribution in [3.63, 3.8) is 0 Å². The van der Waals surface area contributed by atoms with Crippen LogP contribution in [0.25, 0.3) is 0 Å². The highest BCUT2D eigenvalue weighted by Gasteiger charge is 2.28. The van der Waals surface area contributed by atoms with Crippen molar-refractivity contribution in [2.24, 2.45) is 11.0 Å². The molecule has 1 heterocycles. The lowest BCUT2D eigenvalue weighted by atomic mass is 9.88. The van der Waals surface area contributed by atoms with E-state index in [1.165, 1.54) is 0 Å². The van der Waals surface area contributed by atoms with Crippen molar-refractivity contribution in [2.45, 2.75) is 19.4 Å². The third-order valence-corrected chi connectivity index (χ3v) is 2.82. The first-order valence-corrected chi connectivity index (χ1v) is 5.24. The number of aliphatic hydroxyl groups excluding tert-OH is 1. The van der Waals surface area contributed by atoms with Crippen LogP contribution in [0.5, 0.6) is 0 Å². The van der Waals surface area contributed by atoms with Gasteiger partial charge < -0.3 is 5.11 Å². The van der Waals surface area contributed by atoms with E-state index in [0.717, 1.165) is 11.3 Å². The molecule has 0 bridgehead atoms. The summed E-state index contributed by atoms with van der Waals surface area (Å²) in [4.78, 5) is 11.2. The molecule has 0 spiro atoms. The van der Waals surface area contributed by atoms with Crippen molar-refractivity contribution in [3.05, 3.63) is 35.9 Å². The number of nitrogens with one attached hydrogen (secondary N) is 1. The van der Waals surface area contributed by atoms with Gasteiger partial charge in [-0.25, -0.2) is 5.43 Å². The first kappa shape index (κ1) is 10.8. The van der Waals surface area contributed by atoms with Crippen LogP contribution < -0.4 is 5.43 Å². The van der Waals surface area contributed by atoms with Gasteiger partial charge in [0, 0.05) is 18.1 Å². The maximum Gasteiger partial charge on any atom is 0.240 e. The normalized spacial score (nSPS) is 22.2. The minimum Gasteiger partial charge on any atom is -0.388 e. The molecule has 1 amide bonds. The van der Waals surface area contributed by atoms with Crippen LogP contribution in [-0.4, -0.2) is 16.7 Å². The first-order valence-electron chi connectivity index (χ1n) is 5.24. The van der Waals surface area contributed by atoms with Crippen LogP contribution >= 0.6 is 0 Å². The molecule has 16 heavy (non-hydrogen) atoms. The number of benzene rings is 1. The Bertz CT molecular complexity index is 414. The molecule has 2 unspecified atom stereocenters. The van der Waals surface area contributed by atoms with Crippen molar-refractivity contribution >= 4 is 11.6 Å². The van der Waals surface area contributed by atoms with Gasteiger partial charge in [0.05, 0.1) is 6.10 Å². The van der Waals surface area contributed by atoms with Gasteiger partial charge in [-0.1, -0.05) is 30.3 Å². The Morgan fingerprint density at radius 2 is 2.12 bits per heavy atom. The average molecular weight is 218 g/mol. The molecule has 2 rings (SSSR count). The lowest BCUT2D eigenvalue weighted by Gasteiger charge is -2.25. The van der Waals surface area contributed by atoms with Crippen molar-refractivity contribution in [1.82, 2.24) is 5.43 Å². The predicted octanol–water partition coefficient (Wildman–Crippen LogP) is 1.23. The molecule has 0 saturated carbocycles. The predicted molar refractivity (Wildman–Crippen MR) is 60.8 cm³/mol. The monoisotopic (exact) mass is 218 g/mol. The van der Waals surface area contributed by atoms with E-state index in [4.69, 9.17) is 0 Å². The van der Waals surface area contributed by atoms with Gasteiger partial charge in [0.1, 0.15) is 0 Å². The average Bonchev–Trinajstić information content (AvgIpc) is 2.32. The van der Waals surface area contributed by atoms with Crippen molar-refractivity contribution in [2.75, 3.05) is 0 Å². The van der Waals surface area contributed by atoms with E-state index in [0.29, 0.717) is 0 Å². The van der Waals surface area contributed by atoms with E-state index in [1.807, 2.05) is 37.3 Å². The number of aliphatic hydroxyl groups is 1. The third kappa shape index (κ3) is 2.12. The van der Waals surface area contributed by atoms with Crippen LogP contribution in [0.4, 0.5) is 0 Å². The summed E-state index contributed by atoms with van der Waals surface area (Å²) in [5.74, 6) is -0.373. The largest absolute Gasteiger partial charge is 0.388 e. The fourth-order valence-electron chi connectivity index (χ4n) is 1.85. The summed E-state index contributed by atoms with van der Waals surface area (Å²) < 4.78 is 0. The van der Waals surface area contributed by atoms with Crippen LogP contribution in [0.15, 0.2) is 35.4 Å². The zero-order valence-corrected chi connectivity index (χ0v) is 9.05. The number of hydrazone groups is 1. The van der Waals surface area contributed by atoms with Crippen LogP contribution in [0.1, 0.15) is 25.0 Å². The Labute approximate surface area is 94.0 Å². The van der Waals surface area contributed by atoms with Crippen molar-refractivity contribution in [3.8, 4) is 0 Å². The topological polar surface area (TPSA) is 61.7 Å². The van der Waals surface area contributed by atoms with Gasteiger partial charge in [0.15, 0.2) is 0 Å². The highest BCUT2D eigenvalue weighted by Crippen LogP contribution is 2.27. The van der Waals surface area contributed by atoms with Gasteiger partial charge in [-0.05, 0) is 12.5 Å². The molecule has 4 heteroatoms. The van der Waals surface area contributed by atoms with Gasteiger partial charge in [0.25, 0.3) is 0 Å². The summed E-state index contributed by atoms with van der Waals surface area (Å²) in [5.41, 5.74) is 3.98. The standard InChI is InChI=1S/C12H14N2O2/c1-8-10(7-11(15)14-13-8)12(16)9-5-3-2-4-6-9/h2-6,10,12,16H,7H2,1H3,(H,14,15). The molecule has 2 N–H and O–H groups in total. The summed E-state index contributed by atoms with van der Waals surface area (Å²) in [5, 5.41) is 14.1. The van der Waals surface area contributed by atoms with Gasteiger partial charge in [-0.2, -0.15) is 5.10 Å². The van der Waals surface area contributed by atoms with Gasteiger partial charge >= 0.3 is 0 Å². The number of carbonyl (C=O) groups is 1. The molecule has 1 aromatic rings. The van der Waals surface area contributed by atoms with Crippen LogP contribution in [-0.2, 0) is 4.79 Å². The SMILES string of the molecule is CC1=NNC(=O)CC1C(O)c1ccccc1. The molecule has 0 aliphatic carbocycles. The zero-order chi connectivity index (χ0) is 11.5. The van der Waals surface area contributed by atoms with Crippen LogP contribution in [0.2, 0.25) is 0 Å². The molecule has 1 aromatic carbocycles. The summed E-state index contributed by atoms with van der Waals surface area (Å²) in [6, 6.07) is 9.33. The number of hydrogen-bond acceptors (Lipinski definition) is 3. The molecule has 0 aromatic heterocycles. The molecular formula is C12H14N2O2. The second-order valence-corrected chi connectivity index (χ2v) is 3.95. The molecule has 0 fully saturated rings. The Hall–Kier alpha value is -1.68. The maximum absolute atomic E-state index is 11.2. The van der Waals surface area contributed by atoms with E-state index in [9.17, 15) is 9.90 Å². The van der Waals surface area contributed by atoms with E-state index in [2.05, 4.69) is 10.5 Å². The number of rotatable bonds is 2. The van der Waals surface area contributed by atoms with Crippen molar-refractivity contribution < 1.29 is 9.90 Å². The van der Waals surface area contributed by atoms with Crippen molar-refractivity contribution in [1.29, 1.82) is 0 Å². The second kappa shape index (κ2) is 4.45. The third-order valence-electron chi connectivity index (χ3n) is 2.82. The number of hydrogen-bond donors (Lipinski definition) is 2. The summed E-state index contributed by atoms with van der Waals surface area (Å²) in [7, 11) is 0. The van der Waals surface area contributed by atoms with Crippen LogP contribution in [0.3, 0.4) is 0 Å². The van der Waals surface area contributed by atoms with Gasteiger partial charge in [-0.3, -0.25) is 4.79 Å². The Morgan fingerprint density at radius 1 is 1.44 bits per heavy atom. The fourth-order valence-corrected chi connectivity index (χ4v) is 1.85. The molecular weight excluding hydrogens is 204 g/mol. The summed E-state index contributed by atoms with van der Waals surface area (Å²) in [6.45, 7) is 1.82. The van der Waals surface area contributed by atoms with E-state index >= 15 is 0 Å². The molecule has 1 aliphatic rings. The number of amides is 1. The van der Waals surface area contributed by atoms with E-state index in [1.54, 1.807) is 0 Å². The lowest BCUT2D eigenvalue weighted by molar-refractivity contribution is -0.122. The fraction of sp³-hybridized carbons (Fsp3) is 0.333. The quantitative estimate of drug-likeness (QED) is 0.784. The molecule has 2 atom stereocenters. The molecule has 1 aliphatic heterocycles. The number of carbonyl (C=O) groups excluding carboxylic acids is 1. The minimum absolute atomic E-state index is 0.148. The highest BCUT2D eigenvalue weighted by molar-refractivity contribution is 5.93. The van der Waals surface area contributed by atoms with Crippen LogP contribution in [0, 0.1) is 5.92 Å². The Morgan fingerprint density at radius 3 is 2.81 bits per heavy atom. The van der Waals surface area contributed by atoms with Gasteiger partial charge in [-0.15, -0.1) is 0 Å². The molecule has 0 radical (unpaired) electrons. The van der Waals surface area contributed by atoms with E-state index in [-0.39, 0.29) is 18.2 Å². The smallest absolute Gasteiger partial charge is 0.240 e. The second-order valence-electron chi connectivity index (χ2n) is 3.95. The van der Waals surface area contributed by atoms with Gasteiger partial charge in [0.2, 0.25) is 5.91 Å². The molecule has 4 nitrogen and oxygen atoms in total. The highest BCUT2D eigenvalue weighted by atomic mass is 16.3. The maximum atomic E-state index is 11.2. The first-order chi connectivity index (χ1) is 7.68. The van der Waals surface area contributed by atoms with E-state index < -0.39 is 6.10 Å². The summed E-state index contributed by atoms with van der Waals surface area (Å²) in [6.07, 6.45) is -0.387. The Balaban J connectivity index is 2.22. The number of nitrogens with zero attached hydrogens (tertiary/aromatic N) is 1. The Kier molecular flexibility index (Phi) is 3.01. The zero-order valence-electron chi connectivity index (χ0n) is 9.05. The minimum atomic E-state index is -0.670. The summed E-state index contributed by atoms with van der Waals surface area (Å²) >= 11 is 0.